The Bertz CT molecular complexity index is 396. The normalized spacial score (nSPS) is 25.1. The van der Waals surface area contributed by atoms with Crippen LogP contribution in [0.1, 0.15) is 34.1 Å². The molecule has 1 saturated heterocycles. The van der Waals surface area contributed by atoms with Crippen LogP contribution in [-0.4, -0.2) is 59.9 Å². The van der Waals surface area contributed by atoms with Crippen molar-refractivity contribution in [1.29, 1.82) is 0 Å². The number of carbonyl (C=O) groups excluding carboxylic acids is 1. The van der Waals surface area contributed by atoms with Crippen molar-refractivity contribution in [2.45, 2.75) is 51.3 Å². The predicted molar refractivity (Wildman–Crippen MR) is 77.5 cm³/mol. The maximum atomic E-state index is 12.1. The first kappa shape index (κ1) is 15.2. The van der Waals surface area contributed by atoms with Gasteiger partial charge in [-0.05, 0) is 40.3 Å². The number of carbonyl (C=O) groups is 1. The molecule has 2 rings (SSSR count). The van der Waals surface area contributed by atoms with Crippen LogP contribution in [0.5, 0.6) is 0 Å². The summed E-state index contributed by atoms with van der Waals surface area (Å²) in [5.41, 5.74) is -0.382. The van der Waals surface area contributed by atoms with Crippen LogP contribution in [-0.2, 0) is 9.47 Å². The summed E-state index contributed by atoms with van der Waals surface area (Å²) in [5, 5.41) is 0. The molecule has 0 N–H and O–H groups in total. The predicted octanol–water partition coefficient (Wildman–Crippen LogP) is 2.23. The second kappa shape index (κ2) is 5.28. The number of nitrogens with zero attached hydrogens (tertiary/aromatic N) is 2. The molecule has 0 radical (unpaired) electrons. The summed E-state index contributed by atoms with van der Waals surface area (Å²) < 4.78 is 10.8. The standard InChI is InChI=1S/C15H26N2O3/c1-14(2,3)20-13(18)16(5)12-7-6-8-17(9-12)15(4)10-19-11-15/h6,8,12H,7,9-11H2,1-5H3/t12-/m0/s1. The Morgan fingerprint density at radius 3 is 2.60 bits per heavy atom. The van der Waals surface area contributed by atoms with Gasteiger partial charge in [0.1, 0.15) is 5.60 Å². The second-order valence-corrected chi connectivity index (χ2v) is 7.01. The SMILES string of the molecule is CN(C(=O)OC(C)(C)C)[C@H]1CC=CN(C2(C)COC2)C1. The van der Waals surface area contributed by atoms with Gasteiger partial charge in [-0.25, -0.2) is 4.79 Å². The lowest BCUT2D eigenvalue weighted by atomic mass is 9.95. The minimum atomic E-state index is -0.455. The Morgan fingerprint density at radius 1 is 1.45 bits per heavy atom. The minimum Gasteiger partial charge on any atom is -0.444 e. The highest BCUT2D eigenvalue weighted by molar-refractivity contribution is 5.68. The van der Waals surface area contributed by atoms with Crippen molar-refractivity contribution >= 4 is 6.09 Å². The van der Waals surface area contributed by atoms with E-state index in [1.165, 1.54) is 0 Å². The topological polar surface area (TPSA) is 42.0 Å². The molecule has 5 heteroatoms. The molecule has 114 valence electrons. The Morgan fingerprint density at radius 2 is 2.10 bits per heavy atom. The van der Waals surface area contributed by atoms with Crippen LogP contribution in [0.25, 0.3) is 0 Å². The summed E-state index contributed by atoms with van der Waals surface area (Å²) >= 11 is 0. The second-order valence-electron chi connectivity index (χ2n) is 7.01. The molecule has 0 saturated carbocycles. The van der Waals surface area contributed by atoms with Crippen LogP contribution >= 0.6 is 0 Å². The van der Waals surface area contributed by atoms with Crippen molar-refractivity contribution in [3.05, 3.63) is 12.3 Å². The third-order valence-corrected chi connectivity index (χ3v) is 3.85. The fourth-order valence-corrected chi connectivity index (χ4v) is 2.43. The lowest BCUT2D eigenvalue weighted by Gasteiger charge is -2.50. The van der Waals surface area contributed by atoms with Gasteiger partial charge in [-0.2, -0.15) is 0 Å². The van der Waals surface area contributed by atoms with E-state index in [1.807, 2.05) is 27.8 Å². The van der Waals surface area contributed by atoms with Crippen LogP contribution in [0.3, 0.4) is 0 Å². The van der Waals surface area contributed by atoms with Crippen LogP contribution in [0, 0.1) is 0 Å². The number of ether oxygens (including phenoxy) is 2. The summed E-state index contributed by atoms with van der Waals surface area (Å²) in [4.78, 5) is 16.1. The third-order valence-electron chi connectivity index (χ3n) is 3.85. The molecule has 5 nitrogen and oxygen atoms in total. The number of hydrogen-bond acceptors (Lipinski definition) is 4. The number of likely N-dealkylation sites (N-methyl/N-ethyl adjacent to an activating group) is 1. The van der Waals surface area contributed by atoms with E-state index in [2.05, 4.69) is 24.1 Å². The highest BCUT2D eigenvalue weighted by atomic mass is 16.6. The average Bonchev–Trinajstić information content (AvgIpc) is 2.33. The van der Waals surface area contributed by atoms with E-state index in [9.17, 15) is 4.79 Å². The van der Waals surface area contributed by atoms with Gasteiger partial charge in [-0.3, -0.25) is 0 Å². The van der Waals surface area contributed by atoms with Gasteiger partial charge in [0.2, 0.25) is 0 Å². The van der Waals surface area contributed by atoms with Gasteiger partial charge in [0.15, 0.2) is 0 Å². The summed E-state index contributed by atoms with van der Waals surface area (Å²) in [6.07, 6.45) is 4.86. The summed E-state index contributed by atoms with van der Waals surface area (Å²) in [5.74, 6) is 0. The molecule has 2 heterocycles. The molecular weight excluding hydrogens is 256 g/mol. The molecule has 0 unspecified atom stereocenters. The largest absolute Gasteiger partial charge is 0.444 e. The third kappa shape index (κ3) is 3.26. The number of rotatable bonds is 2. The maximum Gasteiger partial charge on any atom is 0.410 e. The van der Waals surface area contributed by atoms with Crippen molar-refractivity contribution in [2.24, 2.45) is 0 Å². The van der Waals surface area contributed by atoms with Gasteiger partial charge < -0.3 is 19.3 Å². The fraction of sp³-hybridized carbons (Fsp3) is 0.800. The first-order valence-corrected chi connectivity index (χ1v) is 7.18. The molecule has 0 spiro atoms. The Kier molecular flexibility index (Phi) is 4.00. The molecule has 0 bridgehead atoms. The first-order valence-electron chi connectivity index (χ1n) is 7.18. The molecular formula is C15H26N2O3. The van der Waals surface area contributed by atoms with Gasteiger partial charge in [-0.15, -0.1) is 0 Å². The van der Waals surface area contributed by atoms with Crippen LogP contribution in [0.2, 0.25) is 0 Å². The molecule has 1 amide bonds. The molecule has 0 aromatic heterocycles. The van der Waals surface area contributed by atoms with Crippen LogP contribution in [0.15, 0.2) is 12.3 Å². The molecule has 0 aromatic carbocycles. The molecule has 0 aromatic rings. The van der Waals surface area contributed by atoms with E-state index in [0.29, 0.717) is 0 Å². The van der Waals surface area contributed by atoms with Crippen LogP contribution < -0.4 is 0 Å². The van der Waals surface area contributed by atoms with Gasteiger partial charge in [0, 0.05) is 13.6 Å². The van der Waals surface area contributed by atoms with E-state index in [0.717, 1.165) is 26.2 Å². The minimum absolute atomic E-state index is 0.0734. The monoisotopic (exact) mass is 282 g/mol. The Balaban J connectivity index is 1.96. The quantitative estimate of drug-likeness (QED) is 0.779. The van der Waals surface area contributed by atoms with Gasteiger partial charge in [-0.1, -0.05) is 6.08 Å². The van der Waals surface area contributed by atoms with Gasteiger partial charge >= 0.3 is 6.09 Å². The van der Waals surface area contributed by atoms with E-state index < -0.39 is 5.60 Å². The zero-order valence-corrected chi connectivity index (χ0v) is 13.2. The maximum absolute atomic E-state index is 12.1. The molecule has 1 atom stereocenters. The summed E-state index contributed by atoms with van der Waals surface area (Å²) in [7, 11) is 1.82. The van der Waals surface area contributed by atoms with Crippen molar-refractivity contribution < 1.29 is 14.3 Å². The highest BCUT2D eigenvalue weighted by Crippen LogP contribution is 2.28. The number of amides is 1. The smallest absolute Gasteiger partial charge is 0.410 e. The fourth-order valence-electron chi connectivity index (χ4n) is 2.43. The van der Waals surface area contributed by atoms with Gasteiger partial charge in [0.25, 0.3) is 0 Å². The molecule has 2 aliphatic heterocycles. The molecule has 2 aliphatic rings. The lowest BCUT2D eigenvalue weighted by Crippen LogP contribution is -2.61. The zero-order chi connectivity index (χ0) is 15.0. The van der Waals surface area contributed by atoms with Crippen molar-refractivity contribution in [1.82, 2.24) is 9.80 Å². The summed E-state index contributed by atoms with van der Waals surface area (Å²) in [6.45, 7) is 10.2. The van der Waals surface area contributed by atoms with E-state index in [1.54, 1.807) is 4.90 Å². The molecule has 1 fully saturated rings. The van der Waals surface area contributed by atoms with E-state index in [-0.39, 0.29) is 17.7 Å². The molecule has 0 aliphatic carbocycles. The van der Waals surface area contributed by atoms with Crippen LogP contribution in [0.4, 0.5) is 4.79 Å². The van der Waals surface area contributed by atoms with E-state index in [4.69, 9.17) is 9.47 Å². The molecule has 20 heavy (non-hydrogen) atoms. The summed E-state index contributed by atoms with van der Waals surface area (Å²) in [6, 6.07) is 0.146. The van der Waals surface area contributed by atoms with Gasteiger partial charge in [0.05, 0.1) is 24.8 Å². The van der Waals surface area contributed by atoms with Crippen molar-refractivity contribution in [3.8, 4) is 0 Å². The lowest BCUT2D eigenvalue weighted by molar-refractivity contribution is -0.119. The van der Waals surface area contributed by atoms with E-state index >= 15 is 0 Å². The van der Waals surface area contributed by atoms with Crippen molar-refractivity contribution in [2.75, 3.05) is 26.8 Å². The average molecular weight is 282 g/mol. The number of hydrogen-bond donors (Lipinski definition) is 0. The zero-order valence-electron chi connectivity index (χ0n) is 13.2. The first-order chi connectivity index (χ1) is 9.21. The highest BCUT2D eigenvalue weighted by Gasteiger charge is 2.40. The Labute approximate surface area is 121 Å². The Hall–Kier alpha value is -1.23. The van der Waals surface area contributed by atoms with Crippen molar-refractivity contribution in [3.63, 3.8) is 0 Å².